The topological polar surface area (TPSA) is 78.0 Å². The molecule has 0 radical (unpaired) electrons. The third kappa shape index (κ3) is 2.70. The molecule has 1 heterocycles. The molecule has 0 saturated heterocycles. The van der Waals surface area contributed by atoms with E-state index in [0.29, 0.717) is 11.5 Å². The molecule has 0 aliphatic carbocycles. The third-order valence-corrected chi connectivity index (χ3v) is 2.97. The largest absolute Gasteiger partial charge is 0.478 e. The van der Waals surface area contributed by atoms with E-state index in [1.165, 1.54) is 0 Å². The maximum absolute atomic E-state index is 11.1. The number of rotatable bonds is 4. The molecule has 6 heteroatoms. The van der Waals surface area contributed by atoms with Crippen molar-refractivity contribution in [2.45, 2.75) is 13.3 Å². The molecule has 0 spiro atoms. The third-order valence-electron chi connectivity index (χ3n) is 2.47. The summed E-state index contributed by atoms with van der Waals surface area (Å²) in [4.78, 5) is 11.1. The molecule has 5 nitrogen and oxygen atoms in total. The number of aromatic amines is 1. The van der Waals surface area contributed by atoms with Gasteiger partial charge in [0.25, 0.3) is 0 Å². The Balaban J connectivity index is 2.30. The highest BCUT2D eigenvalue weighted by Crippen LogP contribution is 2.24. The van der Waals surface area contributed by atoms with E-state index < -0.39 is 5.97 Å². The zero-order chi connectivity index (χ0) is 13.1. The molecule has 2 aromatic rings. The van der Waals surface area contributed by atoms with Crippen LogP contribution in [0.1, 0.15) is 23.0 Å². The van der Waals surface area contributed by atoms with Crippen LogP contribution < -0.4 is 5.32 Å². The van der Waals surface area contributed by atoms with Crippen LogP contribution in [0.5, 0.6) is 0 Å². The summed E-state index contributed by atoms with van der Waals surface area (Å²) in [5, 5.41) is 19.0. The molecule has 3 N–H and O–H groups in total. The van der Waals surface area contributed by atoms with Crippen LogP contribution in [0.3, 0.4) is 0 Å². The number of anilines is 2. The first kappa shape index (κ1) is 12.6. The van der Waals surface area contributed by atoms with Gasteiger partial charge in [0, 0.05) is 10.5 Å². The highest BCUT2D eigenvalue weighted by Gasteiger charge is 2.11. The maximum atomic E-state index is 11.1. The van der Waals surface area contributed by atoms with Crippen molar-refractivity contribution in [2.75, 3.05) is 5.32 Å². The van der Waals surface area contributed by atoms with E-state index in [1.807, 2.05) is 13.0 Å². The zero-order valence-corrected chi connectivity index (χ0v) is 11.3. The van der Waals surface area contributed by atoms with Gasteiger partial charge in [-0.15, -0.1) is 0 Å². The normalized spacial score (nSPS) is 10.3. The van der Waals surface area contributed by atoms with Crippen molar-refractivity contribution in [3.05, 3.63) is 40.0 Å². The monoisotopic (exact) mass is 309 g/mol. The smallest absolute Gasteiger partial charge is 0.337 e. The molecule has 1 aromatic heterocycles. The van der Waals surface area contributed by atoms with E-state index in [-0.39, 0.29) is 5.56 Å². The molecule has 0 aliphatic heterocycles. The Labute approximate surface area is 112 Å². The molecule has 0 amide bonds. The molecular formula is C12H12BrN3O2. The number of H-pyrrole nitrogens is 1. The van der Waals surface area contributed by atoms with Crippen LogP contribution in [0, 0.1) is 0 Å². The predicted molar refractivity (Wildman–Crippen MR) is 72.3 cm³/mol. The molecule has 18 heavy (non-hydrogen) atoms. The Kier molecular flexibility index (Phi) is 3.66. The number of aryl methyl sites for hydroxylation is 1. The number of nitrogens with one attached hydrogen (secondary N) is 2. The van der Waals surface area contributed by atoms with Crippen molar-refractivity contribution in [2.24, 2.45) is 0 Å². The number of carbonyl (C=O) groups is 1. The van der Waals surface area contributed by atoms with Gasteiger partial charge in [-0.1, -0.05) is 22.9 Å². The summed E-state index contributed by atoms with van der Waals surface area (Å²) in [6, 6.07) is 6.90. The average Bonchev–Trinajstić information content (AvgIpc) is 2.79. The van der Waals surface area contributed by atoms with Crippen LogP contribution in [0.2, 0.25) is 0 Å². The fraction of sp³-hybridized carbons (Fsp3) is 0.167. The van der Waals surface area contributed by atoms with Gasteiger partial charge in [-0.3, -0.25) is 5.10 Å². The molecule has 2 rings (SSSR count). The Morgan fingerprint density at radius 3 is 2.89 bits per heavy atom. The minimum atomic E-state index is -0.978. The molecule has 0 fully saturated rings. The lowest BCUT2D eigenvalue weighted by Gasteiger charge is -2.07. The first-order chi connectivity index (χ1) is 8.60. The average molecular weight is 310 g/mol. The molecule has 0 aliphatic rings. The quantitative estimate of drug-likeness (QED) is 0.810. The molecule has 1 aromatic carbocycles. The number of carboxylic acid groups (broad SMARTS) is 1. The highest BCUT2D eigenvalue weighted by molar-refractivity contribution is 9.10. The van der Waals surface area contributed by atoms with Crippen molar-refractivity contribution in [1.82, 2.24) is 10.2 Å². The fourth-order valence-corrected chi connectivity index (χ4v) is 1.92. The van der Waals surface area contributed by atoms with E-state index in [1.54, 1.807) is 18.2 Å². The van der Waals surface area contributed by atoms with Crippen LogP contribution in [0.25, 0.3) is 0 Å². The summed E-state index contributed by atoms with van der Waals surface area (Å²) in [6.07, 6.45) is 0.824. The summed E-state index contributed by atoms with van der Waals surface area (Å²) in [7, 11) is 0. The van der Waals surface area contributed by atoms with Gasteiger partial charge in [-0.2, -0.15) is 5.10 Å². The number of aromatic carboxylic acids is 1. The number of hydrogen-bond donors (Lipinski definition) is 3. The van der Waals surface area contributed by atoms with Crippen LogP contribution in [-0.4, -0.2) is 21.3 Å². The lowest BCUT2D eigenvalue weighted by molar-refractivity contribution is 0.0698. The Morgan fingerprint density at radius 2 is 2.28 bits per heavy atom. The first-order valence-corrected chi connectivity index (χ1v) is 6.23. The number of nitrogens with zero attached hydrogens (tertiary/aromatic N) is 1. The van der Waals surface area contributed by atoms with Gasteiger partial charge >= 0.3 is 5.97 Å². The number of aromatic nitrogens is 2. The minimum absolute atomic E-state index is 0.206. The van der Waals surface area contributed by atoms with E-state index >= 15 is 0 Å². The van der Waals surface area contributed by atoms with E-state index in [9.17, 15) is 4.79 Å². The van der Waals surface area contributed by atoms with Gasteiger partial charge in [-0.05, 0) is 24.6 Å². The second-order valence-electron chi connectivity index (χ2n) is 3.75. The predicted octanol–water partition coefficient (Wildman–Crippen LogP) is 3.18. The fourth-order valence-electron chi connectivity index (χ4n) is 1.56. The van der Waals surface area contributed by atoms with Gasteiger partial charge in [0.05, 0.1) is 16.9 Å². The standard InChI is InChI=1S/C12H12BrN3O2/c1-2-8-6-11(16-15-8)14-10-4-3-7(13)5-9(10)12(17)18/h3-6H,2H2,1H3,(H,17,18)(H2,14,15,16). The Morgan fingerprint density at radius 1 is 1.50 bits per heavy atom. The van der Waals surface area contributed by atoms with E-state index in [0.717, 1.165) is 16.6 Å². The number of carboxylic acids is 1. The summed E-state index contributed by atoms with van der Waals surface area (Å²) in [5.74, 6) is -0.300. The lowest BCUT2D eigenvalue weighted by atomic mass is 10.2. The Hall–Kier alpha value is -1.82. The zero-order valence-electron chi connectivity index (χ0n) is 9.70. The van der Waals surface area contributed by atoms with Gasteiger partial charge in [0.2, 0.25) is 0 Å². The second kappa shape index (κ2) is 5.22. The van der Waals surface area contributed by atoms with E-state index in [4.69, 9.17) is 5.11 Å². The molecule has 0 atom stereocenters. The molecule has 0 unspecified atom stereocenters. The van der Waals surface area contributed by atoms with Gasteiger partial charge < -0.3 is 10.4 Å². The summed E-state index contributed by atoms with van der Waals surface area (Å²) >= 11 is 3.25. The van der Waals surface area contributed by atoms with Gasteiger partial charge in [0.1, 0.15) is 5.82 Å². The molecular weight excluding hydrogens is 298 g/mol. The summed E-state index contributed by atoms with van der Waals surface area (Å²) in [5.41, 5.74) is 1.65. The van der Waals surface area contributed by atoms with Crippen molar-refractivity contribution in [3.8, 4) is 0 Å². The van der Waals surface area contributed by atoms with Gasteiger partial charge in [0.15, 0.2) is 0 Å². The Bertz CT molecular complexity index is 580. The van der Waals surface area contributed by atoms with E-state index in [2.05, 4.69) is 31.4 Å². The second-order valence-corrected chi connectivity index (χ2v) is 4.66. The van der Waals surface area contributed by atoms with Crippen LogP contribution in [-0.2, 0) is 6.42 Å². The first-order valence-electron chi connectivity index (χ1n) is 5.44. The molecule has 0 bridgehead atoms. The summed E-state index contributed by atoms with van der Waals surface area (Å²) < 4.78 is 0.726. The van der Waals surface area contributed by atoms with Crippen molar-refractivity contribution in [3.63, 3.8) is 0 Å². The van der Waals surface area contributed by atoms with Crippen molar-refractivity contribution < 1.29 is 9.90 Å². The van der Waals surface area contributed by atoms with Crippen molar-refractivity contribution in [1.29, 1.82) is 0 Å². The number of halogens is 1. The van der Waals surface area contributed by atoms with Gasteiger partial charge in [-0.25, -0.2) is 4.79 Å². The number of benzene rings is 1. The number of hydrogen-bond acceptors (Lipinski definition) is 3. The van der Waals surface area contributed by atoms with Crippen molar-refractivity contribution >= 4 is 33.4 Å². The van der Waals surface area contributed by atoms with Crippen LogP contribution in [0.15, 0.2) is 28.7 Å². The van der Waals surface area contributed by atoms with Crippen LogP contribution >= 0.6 is 15.9 Å². The van der Waals surface area contributed by atoms with Crippen LogP contribution in [0.4, 0.5) is 11.5 Å². The maximum Gasteiger partial charge on any atom is 0.337 e. The molecule has 94 valence electrons. The SMILES string of the molecule is CCc1cc(Nc2ccc(Br)cc2C(=O)O)[nH]n1. The minimum Gasteiger partial charge on any atom is -0.478 e. The summed E-state index contributed by atoms with van der Waals surface area (Å²) in [6.45, 7) is 2.00. The lowest BCUT2D eigenvalue weighted by Crippen LogP contribution is -2.02. The highest BCUT2D eigenvalue weighted by atomic mass is 79.9. The molecule has 0 saturated carbocycles.